The maximum atomic E-state index is 13.3. The largest absolute Gasteiger partial charge is 0.459 e. The van der Waals surface area contributed by atoms with Gasteiger partial charge >= 0.3 is 5.97 Å². The van der Waals surface area contributed by atoms with E-state index in [0.29, 0.717) is 24.2 Å². The number of esters is 1. The van der Waals surface area contributed by atoms with Crippen LogP contribution in [0.25, 0.3) is 0 Å². The first-order valence-corrected chi connectivity index (χ1v) is 13.0. The van der Waals surface area contributed by atoms with Gasteiger partial charge in [0, 0.05) is 30.6 Å². The van der Waals surface area contributed by atoms with E-state index in [2.05, 4.69) is 22.4 Å². The molecule has 188 valence electrons. The number of nitrogens with one attached hydrogen (secondary N) is 1. The van der Waals surface area contributed by atoms with Crippen LogP contribution in [0.2, 0.25) is 0 Å². The monoisotopic (exact) mass is 504 g/mol. The van der Waals surface area contributed by atoms with Crippen LogP contribution in [-0.4, -0.2) is 39.6 Å². The van der Waals surface area contributed by atoms with Crippen molar-refractivity contribution in [2.24, 2.45) is 4.99 Å². The van der Waals surface area contributed by atoms with E-state index < -0.39 is 6.04 Å². The topological polar surface area (TPSA) is 83.9 Å². The van der Waals surface area contributed by atoms with Gasteiger partial charge in [0.15, 0.2) is 5.17 Å². The number of benzene rings is 1. The normalized spacial score (nSPS) is 17.1. The van der Waals surface area contributed by atoms with E-state index in [1.54, 1.807) is 6.20 Å². The highest BCUT2D eigenvalue weighted by Crippen LogP contribution is 2.45. The van der Waals surface area contributed by atoms with Gasteiger partial charge < -0.3 is 15.0 Å². The van der Waals surface area contributed by atoms with Crippen LogP contribution in [0.4, 0.5) is 0 Å². The first kappa shape index (κ1) is 25.7. The number of carbonyl (C=O) groups excluding carboxylic acids is 2. The average Bonchev–Trinajstić information content (AvgIpc) is 3.20. The fourth-order valence-corrected chi connectivity index (χ4v) is 5.40. The molecule has 0 radical (unpaired) electrons. The quantitative estimate of drug-likeness (QED) is 0.511. The number of carbonyl (C=O) groups is 2. The van der Waals surface area contributed by atoms with Crippen molar-refractivity contribution in [3.8, 4) is 0 Å². The van der Waals surface area contributed by atoms with Gasteiger partial charge in [-0.15, -0.1) is 0 Å². The average molecular weight is 505 g/mol. The minimum absolute atomic E-state index is 0.0870. The lowest BCUT2D eigenvalue weighted by molar-refractivity contribution is -0.143. The Labute approximate surface area is 216 Å². The zero-order chi connectivity index (χ0) is 25.8. The Bertz CT molecular complexity index is 1250. The zero-order valence-corrected chi connectivity index (χ0v) is 22.2. The molecule has 1 aromatic heterocycles. The number of rotatable bonds is 8. The Morgan fingerprint density at radius 2 is 1.97 bits per heavy atom. The predicted molar refractivity (Wildman–Crippen MR) is 143 cm³/mol. The number of aromatic nitrogens is 1. The first-order valence-electron chi connectivity index (χ1n) is 12.1. The number of ether oxygens (including phenoxy) is 1. The number of hydrogen-bond acceptors (Lipinski definition) is 7. The molecule has 0 bridgehead atoms. The number of nitrogens with zero attached hydrogens (tertiary/aromatic N) is 3. The van der Waals surface area contributed by atoms with Crippen LogP contribution in [0.1, 0.15) is 55.6 Å². The van der Waals surface area contributed by atoms with E-state index in [1.165, 1.54) is 11.8 Å². The molecule has 36 heavy (non-hydrogen) atoms. The zero-order valence-electron chi connectivity index (χ0n) is 21.4. The number of thioether (sulfide) groups is 1. The summed E-state index contributed by atoms with van der Waals surface area (Å²) in [5.74, 6) is -0.470. The van der Waals surface area contributed by atoms with E-state index in [0.717, 1.165) is 33.2 Å². The molecule has 7 nitrogen and oxygen atoms in total. The molecule has 1 N–H and O–H groups in total. The smallest absolute Gasteiger partial charge is 0.338 e. The van der Waals surface area contributed by atoms with Crippen LogP contribution in [0.3, 0.4) is 0 Å². The number of fused-ring (bicyclic) bond motifs is 1. The van der Waals surface area contributed by atoms with Crippen LogP contribution in [0.5, 0.6) is 0 Å². The van der Waals surface area contributed by atoms with Crippen molar-refractivity contribution in [1.29, 1.82) is 0 Å². The third-order valence-electron chi connectivity index (χ3n) is 6.05. The predicted octanol–water partition coefficient (Wildman–Crippen LogP) is 4.97. The molecular weight excluding hydrogens is 472 g/mol. The lowest BCUT2D eigenvalue weighted by Crippen LogP contribution is -2.38. The third-order valence-corrected chi connectivity index (χ3v) is 6.94. The van der Waals surface area contributed by atoms with Crippen LogP contribution in [-0.2, 0) is 20.7 Å². The Morgan fingerprint density at radius 1 is 1.17 bits per heavy atom. The highest BCUT2D eigenvalue weighted by molar-refractivity contribution is 8.16. The molecule has 3 heterocycles. The van der Waals surface area contributed by atoms with Crippen LogP contribution in [0, 0.1) is 13.8 Å². The van der Waals surface area contributed by atoms with Crippen molar-refractivity contribution in [2.45, 2.75) is 59.6 Å². The summed E-state index contributed by atoms with van der Waals surface area (Å²) in [6, 6.07) is 11.5. The second kappa shape index (κ2) is 11.1. The molecule has 0 saturated carbocycles. The molecule has 1 atom stereocenters. The Kier molecular flexibility index (Phi) is 7.94. The summed E-state index contributed by atoms with van der Waals surface area (Å²) in [5, 5.41) is 5.71. The molecule has 0 spiro atoms. The Morgan fingerprint density at radius 3 is 2.67 bits per heavy atom. The third kappa shape index (κ3) is 5.70. The van der Waals surface area contributed by atoms with Gasteiger partial charge in [0.2, 0.25) is 5.91 Å². The minimum atomic E-state index is -0.424. The summed E-state index contributed by atoms with van der Waals surface area (Å²) >= 11 is 1.47. The number of pyridine rings is 1. The summed E-state index contributed by atoms with van der Waals surface area (Å²) < 4.78 is 5.63. The van der Waals surface area contributed by atoms with E-state index in [-0.39, 0.29) is 24.4 Å². The van der Waals surface area contributed by atoms with Crippen molar-refractivity contribution >= 4 is 28.8 Å². The molecule has 0 fully saturated rings. The highest BCUT2D eigenvalue weighted by atomic mass is 32.2. The van der Waals surface area contributed by atoms with Crippen LogP contribution >= 0.6 is 11.8 Å². The molecular formula is C28H32N4O3S. The second-order valence-electron chi connectivity index (χ2n) is 9.30. The molecule has 8 heteroatoms. The standard InChI is InChI=1S/C28H32N4O3S/c1-17(2)35-27(34)25-20(5)31-28-32(26(25)23-10-9-18(3)14-19(23)4)22(16-36-28)15-24(33)30-13-11-21-8-6-7-12-29-21/h6-10,12,14,16-17,26H,11,13,15H2,1-5H3,(H,30,33)/t26-/m1/s1. The van der Waals surface area contributed by atoms with Gasteiger partial charge in [0.25, 0.3) is 0 Å². The SMILES string of the molecule is CC1=C(C(=O)OC(C)C)[C@@H](c2ccc(C)cc2C)N2C(CC(=O)NCCc3ccccn3)=CSC2=N1. The molecule has 2 aromatic rings. The lowest BCUT2D eigenvalue weighted by atomic mass is 9.90. The molecule has 2 aliphatic rings. The van der Waals surface area contributed by atoms with Crippen molar-refractivity contribution in [2.75, 3.05) is 6.54 Å². The maximum absolute atomic E-state index is 13.3. The van der Waals surface area contributed by atoms with Gasteiger partial charge in [-0.05, 0) is 63.3 Å². The second-order valence-corrected chi connectivity index (χ2v) is 10.1. The molecule has 4 rings (SSSR count). The van der Waals surface area contributed by atoms with E-state index >= 15 is 0 Å². The van der Waals surface area contributed by atoms with E-state index in [4.69, 9.17) is 9.73 Å². The maximum Gasteiger partial charge on any atom is 0.338 e. The lowest BCUT2D eigenvalue weighted by Gasteiger charge is -2.37. The minimum Gasteiger partial charge on any atom is -0.459 e. The fourth-order valence-electron chi connectivity index (χ4n) is 4.44. The Hall–Kier alpha value is -3.39. The van der Waals surface area contributed by atoms with Crippen LogP contribution in [0.15, 0.2) is 70.0 Å². The van der Waals surface area contributed by atoms with Crippen molar-refractivity contribution in [1.82, 2.24) is 15.2 Å². The number of aliphatic imine (C=N–C) groups is 1. The van der Waals surface area contributed by atoms with Gasteiger partial charge in [-0.1, -0.05) is 41.6 Å². The number of hydrogen-bond donors (Lipinski definition) is 1. The molecule has 0 aliphatic carbocycles. The first-order chi connectivity index (χ1) is 17.2. The molecule has 1 aromatic carbocycles. The summed E-state index contributed by atoms with van der Waals surface area (Å²) in [5.41, 5.74) is 6.09. The van der Waals surface area contributed by atoms with Crippen molar-refractivity contribution in [3.63, 3.8) is 0 Å². The van der Waals surface area contributed by atoms with Gasteiger partial charge in [-0.25, -0.2) is 9.79 Å². The van der Waals surface area contributed by atoms with Gasteiger partial charge in [0.1, 0.15) is 0 Å². The summed E-state index contributed by atoms with van der Waals surface area (Å²) in [6.45, 7) is 10.1. The number of aryl methyl sites for hydroxylation is 2. The molecule has 0 saturated heterocycles. The molecule has 2 aliphatic heterocycles. The number of allylic oxidation sites excluding steroid dienone is 1. The van der Waals surface area contributed by atoms with E-state index in [1.807, 2.05) is 69.2 Å². The number of amides is 1. The summed E-state index contributed by atoms with van der Waals surface area (Å²) in [7, 11) is 0. The fraction of sp³-hybridized carbons (Fsp3) is 0.357. The summed E-state index contributed by atoms with van der Waals surface area (Å²) in [4.78, 5) is 37.2. The van der Waals surface area contributed by atoms with E-state index in [9.17, 15) is 9.59 Å². The summed E-state index contributed by atoms with van der Waals surface area (Å²) in [6.07, 6.45) is 2.34. The van der Waals surface area contributed by atoms with Gasteiger partial charge in [-0.2, -0.15) is 0 Å². The van der Waals surface area contributed by atoms with Crippen LogP contribution < -0.4 is 5.32 Å². The van der Waals surface area contributed by atoms with Gasteiger partial charge in [0.05, 0.1) is 29.8 Å². The molecule has 1 amide bonds. The Balaban J connectivity index is 1.59. The molecule has 0 unspecified atom stereocenters. The van der Waals surface area contributed by atoms with Gasteiger partial charge in [-0.3, -0.25) is 9.78 Å². The van der Waals surface area contributed by atoms with Crippen molar-refractivity contribution < 1.29 is 14.3 Å². The highest BCUT2D eigenvalue weighted by Gasteiger charge is 2.41. The number of amidine groups is 1. The van der Waals surface area contributed by atoms with Crippen molar-refractivity contribution in [3.05, 3.63) is 87.4 Å².